The van der Waals surface area contributed by atoms with Crippen LogP contribution in [0.5, 0.6) is 5.75 Å². The van der Waals surface area contributed by atoms with Crippen LogP contribution in [0.4, 0.5) is 9.18 Å². The lowest BCUT2D eigenvalue weighted by Crippen LogP contribution is -2.47. The molecule has 0 saturated carbocycles. The second-order valence-corrected chi connectivity index (χ2v) is 7.61. The third-order valence-corrected chi connectivity index (χ3v) is 5.46. The number of amides is 2. The second-order valence-electron chi connectivity index (χ2n) is 5.38. The number of nitrogens with one attached hydrogen (secondary N) is 1. The van der Waals surface area contributed by atoms with Crippen molar-refractivity contribution in [1.82, 2.24) is 10.2 Å². The van der Waals surface area contributed by atoms with Crippen molar-refractivity contribution in [3.8, 4) is 5.75 Å². The largest absolute Gasteiger partial charge is 0.492 e. The molecule has 1 N–H and O–H groups in total. The van der Waals surface area contributed by atoms with Crippen LogP contribution in [0.1, 0.15) is 13.3 Å². The summed E-state index contributed by atoms with van der Waals surface area (Å²) in [6.07, 6.45) is 0.482. The molecule has 0 aromatic heterocycles. The van der Waals surface area contributed by atoms with Crippen molar-refractivity contribution in [2.45, 2.75) is 19.4 Å². The van der Waals surface area contributed by atoms with Gasteiger partial charge in [-0.15, -0.1) is 0 Å². The molecule has 128 valence electrons. The molecule has 1 aliphatic rings. The zero-order valence-electron chi connectivity index (χ0n) is 13.0. The highest BCUT2D eigenvalue weighted by molar-refractivity contribution is 7.91. The summed E-state index contributed by atoms with van der Waals surface area (Å²) in [6, 6.07) is 5.07. The molecule has 1 aromatic rings. The Labute approximate surface area is 135 Å². The van der Waals surface area contributed by atoms with Gasteiger partial charge in [0.2, 0.25) is 0 Å². The first-order valence-electron chi connectivity index (χ1n) is 7.54. The van der Waals surface area contributed by atoms with Crippen LogP contribution >= 0.6 is 0 Å². The molecule has 1 atom stereocenters. The van der Waals surface area contributed by atoms with Gasteiger partial charge in [0.1, 0.15) is 18.2 Å². The molecular formula is C15H21FN2O4S. The molecule has 1 saturated heterocycles. The lowest BCUT2D eigenvalue weighted by molar-refractivity contribution is 0.181. The number of halogens is 1. The van der Waals surface area contributed by atoms with E-state index in [2.05, 4.69) is 5.32 Å². The fourth-order valence-electron chi connectivity index (χ4n) is 2.55. The molecule has 2 rings (SSSR count). The molecular weight excluding hydrogens is 323 g/mol. The molecule has 0 spiro atoms. The number of rotatable bonds is 6. The normalized spacial score (nSPS) is 19.3. The number of hydrogen-bond acceptors (Lipinski definition) is 4. The first-order chi connectivity index (χ1) is 10.9. The van der Waals surface area contributed by atoms with Gasteiger partial charge >= 0.3 is 6.03 Å². The van der Waals surface area contributed by atoms with E-state index >= 15 is 0 Å². The molecule has 0 radical (unpaired) electrons. The summed E-state index contributed by atoms with van der Waals surface area (Å²) >= 11 is 0. The van der Waals surface area contributed by atoms with E-state index in [1.807, 2.05) is 6.92 Å². The highest BCUT2D eigenvalue weighted by Gasteiger charge is 2.33. The maximum absolute atomic E-state index is 12.8. The maximum atomic E-state index is 12.8. The predicted molar refractivity (Wildman–Crippen MR) is 84.7 cm³/mol. The zero-order chi connectivity index (χ0) is 16.9. The van der Waals surface area contributed by atoms with Crippen LogP contribution in [0.2, 0.25) is 0 Å². The summed E-state index contributed by atoms with van der Waals surface area (Å²) in [5.41, 5.74) is 0. The fraction of sp³-hybridized carbons (Fsp3) is 0.533. The van der Waals surface area contributed by atoms with Crippen LogP contribution in [0.3, 0.4) is 0 Å². The van der Waals surface area contributed by atoms with E-state index in [1.54, 1.807) is 4.90 Å². The molecule has 23 heavy (non-hydrogen) atoms. The van der Waals surface area contributed by atoms with Gasteiger partial charge in [0.25, 0.3) is 0 Å². The molecule has 1 fully saturated rings. The van der Waals surface area contributed by atoms with Crippen LogP contribution in [0, 0.1) is 5.82 Å². The van der Waals surface area contributed by atoms with Crippen molar-refractivity contribution in [1.29, 1.82) is 0 Å². The quantitative estimate of drug-likeness (QED) is 0.792. The summed E-state index contributed by atoms with van der Waals surface area (Å²) in [5, 5.41) is 2.71. The first kappa shape index (κ1) is 17.5. The Morgan fingerprint density at radius 2 is 2.09 bits per heavy atom. The summed E-state index contributed by atoms with van der Waals surface area (Å²) in [7, 11) is -3.03. The third kappa shape index (κ3) is 5.09. The summed E-state index contributed by atoms with van der Waals surface area (Å²) in [5.74, 6) is 0.348. The third-order valence-electron chi connectivity index (χ3n) is 3.71. The van der Waals surface area contributed by atoms with E-state index in [0.717, 1.165) is 0 Å². The number of benzene rings is 1. The minimum atomic E-state index is -3.03. The van der Waals surface area contributed by atoms with Crippen molar-refractivity contribution in [3.63, 3.8) is 0 Å². The molecule has 0 aliphatic carbocycles. The topological polar surface area (TPSA) is 75.7 Å². The van der Waals surface area contributed by atoms with Crippen molar-refractivity contribution < 1.29 is 22.3 Å². The fourth-order valence-corrected chi connectivity index (χ4v) is 4.28. The van der Waals surface area contributed by atoms with E-state index in [9.17, 15) is 17.6 Å². The SMILES string of the molecule is CCN(C(=O)NCCOc1ccc(F)cc1)C1CCS(=O)(=O)C1. The van der Waals surface area contributed by atoms with E-state index in [1.165, 1.54) is 24.3 Å². The minimum absolute atomic E-state index is 0.0281. The van der Waals surface area contributed by atoms with E-state index in [-0.39, 0.29) is 42.5 Å². The van der Waals surface area contributed by atoms with Crippen molar-refractivity contribution in [3.05, 3.63) is 30.1 Å². The number of hydrogen-bond donors (Lipinski definition) is 1. The molecule has 1 unspecified atom stereocenters. The zero-order valence-corrected chi connectivity index (χ0v) is 13.8. The highest BCUT2D eigenvalue weighted by Crippen LogP contribution is 2.17. The number of nitrogens with zero attached hydrogens (tertiary/aromatic N) is 1. The highest BCUT2D eigenvalue weighted by atomic mass is 32.2. The van der Waals surface area contributed by atoms with Gasteiger partial charge in [-0.2, -0.15) is 0 Å². The van der Waals surface area contributed by atoms with E-state index in [0.29, 0.717) is 18.7 Å². The lowest BCUT2D eigenvalue weighted by Gasteiger charge is -2.27. The van der Waals surface area contributed by atoms with Gasteiger partial charge in [-0.05, 0) is 37.6 Å². The molecule has 6 nitrogen and oxygen atoms in total. The predicted octanol–water partition coefficient (Wildman–Crippen LogP) is 1.42. The smallest absolute Gasteiger partial charge is 0.317 e. The number of carbonyl (C=O) groups excluding carboxylic acids is 1. The molecule has 8 heteroatoms. The Kier molecular flexibility index (Phi) is 5.81. The monoisotopic (exact) mass is 344 g/mol. The van der Waals surface area contributed by atoms with Crippen LogP contribution in [0.25, 0.3) is 0 Å². The number of carbonyl (C=O) groups is 1. The van der Waals surface area contributed by atoms with E-state index in [4.69, 9.17) is 4.74 Å². The van der Waals surface area contributed by atoms with Crippen LogP contribution in [0.15, 0.2) is 24.3 Å². The average Bonchev–Trinajstić information content (AvgIpc) is 2.86. The lowest BCUT2D eigenvalue weighted by atomic mass is 10.2. The van der Waals surface area contributed by atoms with Gasteiger partial charge in [-0.1, -0.05) is 0 Å². The molecule has 1 aromatic carbocycles. The summed E-state index contributed by atoms with van der Waals surface area (Å²) in [6.45, 7) is 2.80. The van der Waals surface area contributed by atoms with Crippen molar-refractivity contribution >= 4 is 15.9 Å². The van der Waals surface area contributed by atoms with E-state index < -0.39 is 9.84 Å². The van der Waals surface area contributed by atoms with Crippen LogP contribution < -0.4 is 10.1 Å². The summed E-state index contributed by atoms with van der Waals surface area (Å²) in [4.78, 5) is 13.7. The van der Waals surface area contributed by atoms with Crippen LogP contribution in [-0.2, 0) is 9.84 Å². The van der Waals surface area contributed by atoms with Gasteiger partial charge in [0.05, 0.1) is 18.1 Å². The first-order valence-corrected chi connectivity index (χ1v) is 9.36. The number of ether oxygens (including phenoxy) is 1. The molecule has 0 bridgehead atoms. The van der Waals surface area contributed by atoms with Crippen LogP contribution in [-0.4, -0.2) is 56.6 Å². The minimum Gasteiger partial charge on any atom is -0.492 e. The Morgan fingerprint density at radius 1 is 1.39 bits per heavy atom. The number of sulfone groups is 1. The van der Waals surface area contributed by atoms with Gasteiger partial charge in [0, 0.05) is 12.6 Å². The Morgan fingerprint density at radius 3 is 2.65 bits per heavy atom. The molecule has 1 aliphatic heterocycles. The van der Waals surface area contributed by atoms with Gasteiger partial charge in [0.15, 0.2) is 9.84 Å². The van der Waals surface area contributed by atoms with Crippen molar-refractivity contribution in [2.24, 2.45) is 0 Å². The molecule has 1 heterocycles. The maximum Gasteiger partial charge on any atom is 0.317 e. The Hall–Kier alpha value is -1.83. The van der Waals surface area contributed by atoms with Crippen molar-refractivity contribution in [2.75, 3.05) is 31.2 Å². The Bertz CT molecular complexity index is 633. The molecule has 2 amide bonds. The number of urea groups is 1. The average molecular weight is 344 g/mol. The standard InChI is InChI=1S/C15H21FN2O4S/c1-2-18(13-7-10-23(20,21)11-13)15(19)17-8-9-22-14-5-3-12(16)4-6-14/h3-6,13H,2,7-11H2,1H3,(H,17,19). The van der Waals surface area contributed by atoms with Gasteiger partial charge in [-0.25, -0.2) is 17.6 Å². The summed E-state index contributed by atoms with van der Waals surface area (Å²) < 4.78 is 41.2. The Balaban J connectivity index is 1.75. The second kappa shape index (κ2) is 7.63. The van der Waals surface area contributed by atoms with Gasteiger partial charge in [-0.3, -0.25) is 0 Å². The van der Waals surface area contributed by atoms with Gasteiger partial charge < -0.3 is 15.0 Å².